The van der Waals surface area contributed by atoms with Crippen LogP contribution in [-0.2, 0) is 9.59 Å². The Morgan fingerprint density at radius 2 is 1.77 bits per heavy atom. The highest BCUT2D eigenvalue weighted by Gasteiger charge is 2.48. The lowest BCUT2D eigenvalue weighted by Gasteiger charge is -2.22. The van der Waals surface area contributed by atoms with Gasteiger partial charge in [-0.15, -0.1) is 10.2 Å². The largest absolute Gasteiger partial charge is 0.507 e. The molecule has 1 aliphatic rings. The summed E-state index contributed by atoms with van der Waals surface area (Å²) in [5.41, 5.74) is 0.0744. The van der Waals surface area contributed by atoms with E-state index in [9.17, 15) is 29.2 Å². The summed E-state index contributed by atoms with van der Waals surface area (Å²) >= 11 is 1.08. The number of hydrogen-bond donors (Lipinski definition) is 1. The number of benzene rings is 2. The van der Waals surface area contributed by atoms with E-state index in [0.717, 1.165) is 28.4 Å². The van der Waals surface area contributed by atoms with Crippen molar-refractivity contribution in [3.8, 4) is 0 Å². The van der Waals surface area contributed by atoms with E-state index in [0.29, 0.717) is 10.6 Å². The molecule has 2 aromatic carbocycles. The van der Waals surface area contributed by atoms with E-state index in [1.165, 1.54) is 36.4 Å². The number of rotatable bonds is 4. The molecule has 1 atom stereocenters. The molecule has 9 nitrogen and oxygen atoms in total. The predicted octanol–water partition coefficient (Wildman–Crippen LogP) is 3.52. The number of aromatic nitrogens is 2. The van der Waals surface area contributed by atoms with Crippen molar-refractivity contribution in [2.45, 2.75) is 13.0 Å². The smallest absolute Gasteiger partial charge is 0.301 e. The van der Waals surface area contributed by atoms with E-state index in [1.807, 2.05) is 0 Å². The number of anilines is 1. The fourth-order valence-electron chi connectivity index (χ4n) is 3.27. The van der Waals surface area contributed by atoms with Gasteiger partial charge in [0.2, 0.25) is 5.13 Å². The highest BCUT2D eigenvalue weighted by atomic mass is 32.1. The fraction of sp³-hybridized carbons (Fsp3) is 0.100. The van der Waals surface area contributed by atoms with Crippen LogP contribution in [-0.4, -0.2) is 31.9 Å². The summed E-state index contributed by atoms with van der Waals surface area (Å²) < 4.78 is 13.3. The number of halogens is 1. The molecule has 0 saturated carbocycles. The third-order valence-corrected chi connectivity index (χ3v) is 5.54. The van der Waals surface area contributed by atoms with Crippen LogP contribution in [0.2, 0.25) is 0 Å². The number of non-ortho nitro benzene ring substituents is 1. The van der Waals surface area contributed by atoms with E-state index in [2.05, 4.69) is 10.2 Å². The Morgan fingerprint density at radius 3 is 2.32 bits per heavy atom. The van der Waals surface area contributed by atoms with Crippen molar-refractivity contribution < 1.29 is 24.0 Å². The molecule has 1 amide bonds. The summed E-state index contributed by atoms with van der Waals surface area (Å²) in [5.74, 6) is -2.92. The molecule has 3 aromatic rings. The van der Waals surface area contributed by atoms with Gasteiger partial charge < -0.3 is 5.11 Å². The molecule has 0 bridgehead atoms. The number of nitro benzene ring substituents is 1. The number of carbonyl (C=O) groups excluding carboxylic acids is 2. The highest BCUT2D eigenvalue weighted by molar-refractivity contribution is 7.15. The second-order valence-electron chi connectivity index (χ2n) is 6.63. The van der Waals surface area contributed by atoms with Crippen molar-refractivity contribution in [2.24, 2.45) is 0 Å². The van der Waals surface area contributed by atoms with Crippen LogP contribution in [0.25, 0.3) is 5.76 Å². The van der Waals surface area contributed by atoms with Crippen LogP contribution in [0.4, 0.5) is 15.2 Å². The Balaban J connectivity index is 1.92. The van der Waals surface area contributed by atoms with E-state index >= 15 is 0 Å². The minimum atomic E-state index is -1.10. The summed E-state index contributed by atoms with van der Waals surface area (Å²) in [4.78, 5) is 37.3. The van der Waals surface area contributed by atoms with Crippen molar-refractivity contribution >= 4 is 39.6 Å². The van der Waals surface area contributed by atoms with Gasteiger partial charge in [-0.2, -0.15) is 0 Å². The monoisotopic (exact) mass is 440 g/mol. The number of amides is 1. The first-order chi connectivity index (χ1) is 14.8. The average Bonchev–Trinajstić information content (AvgIpc) is 3.29. The van der Waals surface area contributed by atoms with Gasteiger partial charge in [0.05, 0.1) is 16.5 Å². The van der Waals surface area contributed by atoms with Crippen LogP contribution in [0.15, 0.2) is 54.1 Å². The number of carbonyl (C=O) groups is 2. The summed E-state index contributed by atoms with van der Waals surface area (Å²) in [6, 6.07) is 8.94. The Labute approximate surface area is 178 Å². The van der Waals surface area contributed by atoms with E-state index < -0.39 is 34.2 Å². The predicted molar refractivity (Wildman–Crippen MR) is 109 cm³/mol. The quantitative estimate of drug-likeness (QED) is 0.216. The Bertz CT molecular complexity index is 1240. The van der Waals surface area contributed by atoms with Crippen LogP contribution < -0.4 is 4.90 Å². The molecule has 11 heteroatoms. The van der Waals surface area contributed by atoms with Crippen molar-refractivity contribution in [2.75, 3.05) is 4.90 Å². The molecule has 0 spiro atoms. The molecular formula is C20H13FN4O5S. The maximum Gasteiger partial charge on any atom is 0.301 e. The number of hydrogen-bond acceptors (Lipinski definition) is 8. The van der Waals surface area contributed by atoms with Crippen LogP contribution >= 0.6 is 11.3 Å². The Morgan fingerprint density at radius 1 is 1.13 bits per heavy atom. The van der Waals surface area contributed by atoms with Crippen molar-refractivity contribution in [3.05, 3.63) is 86.2 Å². The molecule has 1 aliphatic heterocycles. The van der Waals surface area contributed by atoms with Gasteiger partial charge in [-0.3, -0.25) is 24.6 Å². The lowest BCUT2D eigenvalue weighted by atomic mass is 9.95. The van der Waals surface area contributed by atoms with E-state index in [1.54, 1.807) is 6.92 Å². The first-order valence-electron chi connectivity index (χ1n) is 8.89. The molecule has 156 valence electrons. The molecule has 31 heavy (non-hydrogen) atoms. The van der Waals surface area contributed by atoms with Crippen LogP contribution in [0.3, 0.4) is 0 Å². The zero-order chi connectivity index (χ0) is 22.3. The average molecular weight is 440 g/mol. The molecule has 1 N–H and O–H groups in total. The number of nitrogens with zero attached hydrogens (tertiary/aromatic N) is 4. The molecule has 2 heterocycles. The zero-order valence-corrected chi connectivity index (χ0v) is 16.7. The first-order valence-corrected chi connectivity index (χ1v) is 9.71. The summed E-state index contributed by atoms with van der Waals surface area (Å²) in [5, 5.41) is 30.4. The van der Waals surface area contributed by atoms with Gasteiger partial charge >= 0.3 is 5.91 Å². The second kappa shape index (κ2) is 7.69. The molecular weight excluding hydrogens is 427 g/mol. The molecule has 0 unspecified atom stereocenters. The van der Waals surface area contributed by atoms with E-state index in [-0.39, 0.29) is 22.0 Å². The summed E-state index contributed by atoms with van der Waals surface area (Å²) in [6.07, 6.45) is 0. The van der Waals surface area contributed by atoms with Crippen molar-refractivity contribution in [3.63, 3.8) is 0 Å². The minimum Gasteiger partial charge on any atom is -0.507 e. The van der Waals surface area contributed by atoms with Gasteiger partial charge in [-0.25, -0.2) is 4.39 Å². The number of ketones is 1. The number of nitro groups is 1. The number of aliphatic hydroxyl groups is 1. The molecule has 0 radical (unpaired) electrons. The number of aliphatic hydroxyl groups excluding tert-OH is 1. The summed E-state index contributed by atoms with van der Waals surface area (Å²) in [6.45, 7) is 1.68. The van der Waals surface area contributed by atoms with Gasteiger partial charge in [-0.1, -0.05) is 11.3 Å². The zero-order valence-electron chi connectivity index (χ0n) is 15.9. The SMILES string of the molecule is Cc1nnc(N2C(=O)C(=O)C(=C(O)c3ccc(F)cc3)[C@@H]2c2ccc([N+](=O)[O-])cc2)s1. The lowest BCUT2D eigenvalue weighted by Crippen LogP contribution is -2.29. The highest BCUT2D eigenvalue weighted by Crippen LogP contribution is 2.43. The maximum atomic E-state index is 13.3. The van der Waals surface area contributed by atoms with Gasteiger partial charge in [0.25, 0.3) is 11.5 Å². The molecule has 4 rings (SSSR count). The maximum absolute atomic E-state index is 13.3. The number of aryl methyl sites for hydroxylation is 1. The van der Waals surface area contributed by atoms with Gasteiger partial charge in [0, 0.05) is 17.7 Å². The van der Waals surface area contributed by atoms with E-state index in [4.69, 9.17) is 0 Å². The third kappa shape index (κ3) is 3.55. The summed E-state index contributed by atoms with van der Waals surface area (Å²) in [7, 11) is 0. The lowest BCUT2D eigenvalue weighted by molar-refractivity contribution is -0.384. The Kier molecular flexibility index (Phi) is 5.03. The van der Waals surface area contributed by atoms with Crippen molar-refractivity contribution in [1.29, 1.82) is 0 Å². The van der Waals surface area contributed by atoms with Crippen LogP contribution in [0, 0.1) is 22.9 Å². The van der Waals surface area contributed by atoms with Gasteiger partial charge in [-0.05, 0) is 48.9 Å². The molecule has 1 saturated heterocycles. The minimum absolute atomic E-state index is 0.139. The van der Waals surface area contributed by atoms with Gasteiger partial charge in [0.1, 0.15) is 16.6 Å². The number of Topliss-reactive ketones (excluding diaryl/α,β-unsaturated/α-hetero) is 1. The van der Waals surface area contributed by atoms with Crippen molar-refractivity contribution in [1.82, 2.24) is 10.2 Å². The standard InChI is InChI=1S/C20H13FN4O5S/c1-10-22-23-20(31-10)24-16(11-4-8-14(9-5-11)25(29)30)15(18(27)19(24)28)17(26)12-2-6-13(21)7-3-12/h2-9,16,26H,1H3/t16-/m0/s1. The van der Waals surface area contributed by atoms with Gasteiger partial charge in [0.15, 0.2) is 0 Å². The Hall–Kier alpha value is -3.99. The topological polar surface area (TPSA) is 127 Å². The first kappa shape index (κ1) is 20.3. The molecule has 0 aliphatic carbocycles. The van der Waals surface area contributed by atoms with Crippen LogP contribution in [0.1, 0.15) is 22.2 Å². The normalized spacial score (nSPS) is 17.9. The molecule has 1 fully saturated rings. The second-order valence-corrected chi connectivity index (χ2v) is 7.79. The molecule has 1 aromatic heterocycles. The third-order valence-electron chi connectivity index (χ3n) is 4.70. The fourth-order valence-corrected chi connectivity index (χ4v) is 3.98. The van der Waals surface area contributed by atoms with Crippen LogP contribution in [0.5, 0.6) is 0 Å².